The predicted octanol–water partition coefficient (Wildman–Crippen LogP) is 16.2. The molecule has 0 spiro atoms. The molecule has 1 aromatic carbocycles. The van der Waals surface area contributed by atoms with Gasteiger partial charge in [0.05, 0.1) is 0 Å². The van der Waals surface area contributed by atoms with E-state index in [9.17, 15) is 0 Å². The average molecular weight is 625 g/mol. The van der Waals surface area contributed by atoms with E-state index >= 15 is 0 Å². The van der Waals surface area contributed by atoms with Crippen LogP contribution < -0.4 is 0 Å². The molecule has 0 nitrogen and oxygen atoms in total. The summed E-state index contributed by atoms with van der Waals surface area (Å²) in [7, 11) is 0. The van der Waals surface area contributed by atoms with Crippen molar-refractivity contribution in [2.75, 3.05) is 0 Å². The zero-order valence-electron chi connectivity index (χ0n) is 31.7. The van der Waals surface area contributed by atoms with Crippen molar-refractivity contribution >= 4 is 0 Å². The third-order valence-electron chi connectivity index (χ3n) is 10.5. The Hall–Kier alpha value is -0.780. The summed E-state index contributed by atoms with van der Waals surface area (Å²) in [6, 6.07) is 7.27. The summed E-state index contributed by atoms with van der Waals surface area (Å²) in [5, 5.41) is 0. The highest BCUT2D eigenvalue weighted by Gasteiger charge is 2.08. The molecular weight excluding hydrogens is 540 g/mol. The molecule has 0 aliphatic rings. The molecule has 1 aromatic rings. The smallest absolute Gasteiger partial charge is 0.0276 e. The fourth-order valence-electron chi connectivity index (χ4n) is 7.45. The van der Waals surface area contributed by atoms with Gasteiger partial charge in [-0.25, -0.2) is 0 Å². The zero-order chi connectivity index (χ0) is 32.3. The summed E-state index contributed by atoms with van der Waals surface area (Å²) in [5.41, 5.74) is 5.08. The van der Waals surface area contributed by atoms with Gasteiger partial charge in [-0.05, 0) is 48.8 Å². The van der Waals surface area contributed by atoms with Crippen LogP contribution in [0, 0.1) is 0 Å². The fourth-order valence-corrected chi connectivity index (χ4v) is 7.45. The van der Waals surface area contributed by atoms with Gasteiger partial charge in [0.25, 0.3) is 0 Å². The van der Waals surface area contributed by atoms with E-state index in [0.717, 1.165) is 0 Å². The Morgan fingerprint density at radius 1 is 0.267 bits per heavy atom. The summed E-state index contributed by atoms with van der Waals surface area (Å²) in [6.07, 6.45) is 51.7. The number of rotatable bonds is 36. The van der Waals surface area contributed by atoms with Gasteiger partial charge in [0, 0.05) is 0 Å². The lowest BCUT2D eigenvalue weighted by Crippen LogP contribution is -2.01. The third-order valence-corrected chi connectivity index (χ3v) is 10.5. The molecule has 0 bridgehead atoms. The molecule has 0 saturated carbocycles. The van der Waals surface area contributed by atoms with Crippen molar-refractivity contribution in [2.45, 2.75) is 252 Å². The van der Waals surface area contributed by atoms with Gasteiger partial charge in [-0.2, -0.15) is 0 Å². The molecule has 0 fully saturated rings. The highest BCUT2D eigenvalue weighted by atomic mass is 14.1. The van der Waals surface area contributed by atoms with Crippen molar-refractivity contribution < 1.29 is 0 Å². The highest BCUT2D eigenvalue weighted by Crippen LogP contribution is 2.23. The molecule has 264 valence electrons. The van der Waals surface area contributed by atoms with Crippen LogP contribution in [0.25, 0.3) is 0 Å². The van der Waals surface area contributed by atoms with Crippen LogP contribution in [0.4, 0.5) is 0 Å². The number of hydrogen-bond donors (Lipinski definition) is 0. The summed E-state index contributed by atoms with van der Waals surface area (Å²) >= 11 is 0. The molecule has 0 heteroatoms. The minimum absolute atomic E-state index is 1.28. The second-order valence-corrected chi connectivity index (χ2v) is 14.9. The van der Waals surface area contributed by atoms with E-state index in [-0.39, 0.29) is 0 Å². The van der Waals surface area contributed by atoms with Gasteiger partial charge in [0.1, 0.15) is 0 Å². The number of unbranched alkanes of at least 4 members (excludes halogenated alkanes) is 30. The molecule has 0 atom stereocenters. The van der Waals surface area contributed by atoms with Crippen molar-refractivity contribution in [3.63, 3.8) is 0 Å². The van der Waals surface area contributed by atoms with Crippen LogP contribution in [0.15, 0.2) is 18.2 Å². The van der Waals surface area contributed by atoms with E-state index in [1.54, 1.807) is 16.7 Å². The van der Waals surface area contributed by atoms with Gasteiger partial charge < -0.3 is 0 Å². The van der Waals surface area contributed by atoms with Crippen molar-refractivity contribution in [2.24, 2.45) is 0 Å². The van der Waals surface area contributed by atoms with Gasteiger partial charge in [-0.1, -0.05) is 238 Å². The van der Waals surface area contributed by atoms with Crippen LogP contribution in [0.1, 0.15) is 249 Å². The van der Waals surface area contributed by atoms with Gasteiger partial charge in [0.2, 0.25) is 0 Å². The Balaban J connectivity index is 2.03. The maximum absolute atomic E-state index is 2.45. The maximum Gasteiger partial charge on any atom is -0.0276 e. The minimum Gasteiger partial charge on any atom is -0.0654 e. The van der Waals surface area contributed by atoms with Crippen molar-refractivity contribution in [3.05, 3.63) is 34.9 Å². The van der Waals surface area contributed by atoms with Crippen LogP contribution in [0.2, 0.25) is 0 Å². The van der Waals surface area contributed by atoms with Crippen molar-refractivity contribution in [1.29, 1.82) is 0 Å². The largest absolute Gasteiger partial charge is 0.0654 e. The average Bonchev–Trinajstić information content (AvgIpc) is 3.05. The zero-order valence-corrected chi connectivity index (χ0v) is 31.7. The molecular formula is C45H84. The quantitative estimate of drug-likeness (QED) is 0.0652. The predicted molar refractivity (Wildman–Crippen MR) is 207 cm³/mol. The second-order valence-electron chi connectivity index (χ2n) is 14.9. The van der Waals surface area contributed by atoms with Crippen LogP contribution in [0.3, 0.4) is 0 Å². The van der Waals surface area contributed by atoms with Crippen LogP contribution in [-0.2, 0) is 19.3 Å². The molecule has 0 saturated heterocycles. The van der Waals surface area contributed by atoms with Gasteiger partial charge in [-0.3, -0.25) is 0 Å². The molecule has 0 amide bonds. The monoisotopic (exact) mass is 625 g/mol. The number of aryl methyl sites for hydroxylation is 2. The van der Waals surface area contributed by atoms with Crippen molar-refractivity contribution in [3.8, 4) is 0 Å². The second kappa shape index (κ2) is 34.6. The lowest BCUT2D eigenvalue weighted by atomic mass is 9.91. The molecule has 0 unspecified atom stereocenters. The first-order chi connectivity index (χ1) is 22.3. The molecule has 0 heterocycles. The molecule has 0 aliphatic carbocycles. The van der Waals surface area contributed by atoms with E-state index in [0.29, 0.717) is 0 Å². The summed E-state index contributed by atoms with van der Waals surface area (Å²) in [5.74, 6) is 0. The summed E-state index contributed by atoms with van der Waals surface area (Å²) in [6.45, 7) is 6.99. The SMILES string of the molecule is CCCCCCCCCCCCCCCCCCc1cccc(CCCCCCCCCCCCCCCCCC)c1CCC. The third kappa shape index (κ3) is 26.9. The minimum atomic E-state index is 1.28. The molecule has 1 rings (SSSR count). The first kappa shape index (κ1) is 42.2. The molecule has 0 N–H and O–H groups in total. The Morgan fingerprint density at radius 2 is 0.511 bits per heavy atom. The lowest BCUT2D eigenvalue weighted by Gasteiger charge is -2.15. The van der Waals surface area contributed by atoms with E-state index in [4.69, 9.17) is 0 Å². The normalized spacial score (nSPS) is 11.5. The first-order valence-corrected chi connectivity index (χ1v) is 21.4. The Kier molecular flexibility index (Phi) is 32.4. The highest BCUT2D eigenvalue weighted by molar-refractivity contribution is 5.36. The maximum atomic E-state index is 2.45. The fraction of sp³-hybridized carbons (Fsp3) is 0.867. The lowest BCUT2D eigenvalue weighted by molar-refractivity contribution is 0.529. The van der Waals surface area contributed by atoms with Crippen molar-refractivity contribution in [1.82, 2.24) is 0 Å². The Bertz CT molecular complexity index is 648. The van der Waals surface area contributed by atoms with Gasteiger partial charge in [0.15, 0.2) is 0 Å². The van der Waals surface area contributed by atoms with Gasteiger partial charge in [-0.15, -0.1) is 0 Å². The van der Waals surface area contributed by atoms with E-state index in [1.807, 2.05) is 0 Å². The van der Waals surface area contributed by atoms with Gasteiger partial charge >= 0.3 is 0 Å². The molecule has 0 aromatic heterocycles. The number of hydrogen-bond acceptors (Lipinski definition) is 0. The molecule has 45 heavy (non-hydrogen) atoms. The van der Waals surface area contributed by atoms with Crippen LogP contribution in [-0.4, -0.2) is 0 Å². The van der Waals surface area contributed by atoms with Crippen LogP contribution in [0.5, 0.6) is 0 Å². The molecule has 0 radical (unpaired) electrons. The topological polar surface area (TPSA) is 0 Å². The summed E-state index contributed by atoms with van der Waals surface area (Å²) in [4.78, 5) is 0. The van der Waals surface area contributed by atoms with E-state index in [2.05, 4.69) is 39.0 Å². The number of benzene rings is 1. The summed E-state index contributed by atoms with van der Waals surface area (Å²) < 4.78 is 0. The molecule has 0 aliphatic heterocycles. The van der Waals surface area contributed by atoms with Crippen LogP contribution >= 0.6 is 0 Å². The standard InChI is InChI=1S/C45H84/c1-4-7-9-11-13-15-17-19-21-23-25-27-29-31-33-35-39-43-41-37-42-44(45(43)38-6-3)40-36-34-32-30-28-26-24-22-20-18-16-14-12-10-8-5-2/h37,41-42H,4-36,38-40H2,1-3H3. The van der Waals surface area contributed by atoms with E-state index < -0.39 is 0 Å². The first-order valence-electron chi connectivity index (χ1n) is 21.4. The Morgan fingerprint density at radius 3 is 0.756 bits per heavy atom. The van der Waals surface area contributed by atoms with E-state index in [1.165, 1.54) is 231 Å². The Labute approximate surface area is 286 Å².